The van der Waals surface area contributed by atoms with Gasteiger partial charge in [0.2, 0.25) is 5.91 Å². The molecule has 4 aromatic rings. The zero-order chi connectivity index (χ0) is 24.1. The maximum Gasteiger partial charge on any atom is 0.251 e. The van der Waals surface area contributed by atoms with E-state index in [0.717, 1.165) is 15.8 Å². The van der Waals surface area contributed by atoms with Crippen molar-refractivity contribution in [1.82, 2.24) is 25.1 Å². The number of benzene rings is 2. The first-order chi connectivity index (χ1) is 16.4. The number of thiazole rings is 1. The van der Waals surface area contributed by atoms with Crippen LogP contribution in [0.25, 0.3) is 10.2 Å². The number of fused-ring (bicyclic) bond motifs is 1. The average Bonchev–Trinajstić information content (AvgIpc) is 3.41. The largest absolute Gasteiger partial charge is 0.342 e. The fraction of sp³-hybridized carbons (Fsp3) is 0.208. The minimum Gasteiger partial charge on any atom is -0.342 e. The number of aromatic nitrogens is 4. The quantitative estimate of drug-likeness (QED) is 0.261. The first-order valence-electron chi connectivity index (χ1n) is 10.6. The van der Waals surface area contributed by atoms with Gasteiger partial charge in [-0.25, -0.2) is 4.98 Å². The molecule has 0 fully saturated rings. The molecule has 174 valence electrons. The summed E-state index contributed by atoms with van der Waals surface area (Å²) in [5.41, 5.74) is 2.52. The molecule has 2 aromatic carbocycles. The highest BCUT2D eigenvalue weighted by Crippen LogP contribution is 2.26. The molecule has 2 heterocycles. The minimum atomic E-state index is -0.382. The Morgan fingerprint density at radius 3 is 2.68 bits per heavy atom. The highest BCUT2D eigenvalue weighted by molar-refractivity contribution is 7.99. The molecule has 0 aliphatic carbocycles. The summed E-state index contributed by atoms with van der Waals surface area (Å²) in [4.78, 5) is 29.5. The summed E-state index contributed by atoms with van der Waals surface area (Å²) < 4.78 is 2.87. The van der Waals surface area contributed by atoms with Crippen LogP contribution in [0.15, 0.2) is 66.3 Å². The lowest BCUT2D eigenvalue weighted by Gasteiger charge is -2.15. The molecule has 0 radical (unpaired) electrons. The standard InChI is InChI=1S/C24H24N6O2S2/c1-4-13-30-21(16(3)25-22(32)17-11-9-15(2)10-12-17)28-29-24(30)33-14-20(31)27-23-26-18-7-5-6-8-19(18)34-23/h4-12,16H,1,13-14H2,2-3H3,(H,25,32)(H,26,27,31)/t16-/m0/s1. The predicted octanol–water partition coefficient (Wildman–Crippen LogP) is 4.60. The monoisotopic (exact) mass is 492 g/mol. The van der Waals surface area contributed by atoms with Crippen molar-refractivity contribution >= 4 is 50.3 Å². The Hall–Kier alpha value is -3.50. The number of para-hydroxylation sites is 1. The fourth-order valence-electron chi connectivity index (χ4n) is 3.29. The summed E-state index contributed by atoms with van der Waals surface area (Å²) >= 11 is 2.70. The van der Waals surface area contributed by atoms with Crippen LogP contribution in [0.4, 0.5) is 5.13 Å². The molecule has 0 unspecified atom stereocenters. The second kappa shape index (κ2) is 10.6. The van der Waals surface area contributed by atoms with Crippen LogP contribution < -0.4 is 10.6 Å². The highest BCUT2D eigenvalue weighted by Gasteiger charge is 2.20. The number of amides is 2. The van der Waals surface area contributed by atoms with Gasteiger partial charge in [-0.15, -0.1) is 16.8 Å². The van der Waals surface area contributed by atoms with E-state index in [0.29, 0.717) is 28.2 Å². The van der Waals surface area contributed by atoms with Crippen molar-refractivity contribution in [3.63, 3.8) is 0 Å². The normalized spacial score (nSPS) is 11.8. The SMILES string of the molecule is C=CCn1c(SCC(=O)Nc2nc3ccccc3s2)nnc1[C@H](C)NC(=O)c1ccc(C)cc1. The lowest BCUT2D eigenvalue weighted by molar-refractivity contribution is -0.113. The Kier molecular flexibility index (Phi) is 7.39. The maximum atomic E-state index is 12.6. The fourth-order valence-corrected chi connectivity index (χ4v) is 4.93. The number of allylic oxidation sites excluding steroid dienone is 1. The summed E-state index contributed by atoms with van der Waals surface area (Å²) in [6, 6.07) is 14.7. The van der Waals surface area contributed by atoms with Crippen molar-refractivity contribution in [2.24, 2.45) is 0 Å². The number of hydrogen-bond donors (Lipinski definition) is 2. The van der Waals surface area contributed by atoms with Gasteiger partial charge in [0, 0.05) is 12.1 Å². The molecule has 2 amide bonds. The predicted molar refractivity (Wildman–Crippen MR) is 136 cm³/mol. The van der Waals surface area contributed by atoms with E-state index in [1.54, 1.807) is 18.2 Å². The van der Waals surface area contributed by atoms with Crippen LogP contribution in [-0.4, -0.2) is 37.3 Å². The molecule has 4 rings (SSSR count). The van der Waals surface area contributed by atoms with Crippen molar-refractivity contribution in [2.45, 2.75) is 31.6 Å². The van der Waals surface area contributed by atoms with E-state index >= 15 is 0 Å². The van der Waals surface area contributed by atoms with Crippen LogP contribution in [0.2, 0.25) is 0 Å². The van der Waals surface area contributed by atoms with Crippen LogP contribution >= 0.6 is 23.1 Å². The third-order valence-corrected chi connectivity index (χ3v) is 6.90. The Bertz CT molecular complexity index is 1300. The number of nitrogens with zero attached hydrogens (tertiary/aromatic N) is 4. The molecular formula is C24H24N6O2S2. The van der Waals surface area contributed by atoms with Crippen LogP contribution in [0.5, 0.6) is 0 Å². The highest BCUT2D eigenvalue weighted by atomic mass is 32.2. The number of anilines is 1. The first kappa shape index (κ1) is 23.7. The lowest BCUT2D eigenvalue weighted by Crippen LogP contribution is -2.28. The van der Waals surface area contributed by atoms with Gasteiger partial charge in [-0.2, -0.15) is 0 Å². The van der Waals surface area contributed by atoms with Crippen LogP contribution in [0.3, 0.4) is 0 Å². The lowest BCUT2D eigenvalue weighted by atomic mass is 10.1. The molecule has 1 atom stereocenters. The smallest absolute Gasteiger partial charge is 0.251 e. The number of carbonyl (C=O) groups excluding carboxylic acids is 2. The van der Waals surface area contributed by atoms with Crippen LogP contribution in [0, 0.1) is 6.92 Å². The minimum absolute atomic E-state index is 0.148. The average molecular weight is 493 g/mol. The van der Waals surface area contributed by atoms with Crippen molar-refractivity contribution in [3.05, 3.63) is 78.1 Å². The van der Waals surface area contributed by atoms with Gasteiger partial charge in [0.1, 0.15) is 0 Å². The number of rotatable bonds is 9. The van der Waals surface area contributed by atoms with E-state index in [-0.39, 0.29) is 23.6 Å². The molecule has 0 spiro atoms. The molecule has 34 heavy (non-hydrogen) atoms. The van der Waals surface area contributed by atoms with Crippen LogP contribution in [-0.2, 0) is 11.3 Å². The number of nitrogens with one attached hydrogen (secondary N) is 2. The summed E-state index contributed by atoms with van der Waals surface area (Å²) in [6.45, 7) is 8.08. The van der Waals surface area contributed by atoms with Crippen molar-refractivity contribution in [3.8, 4) is 0 Å². The second-order valence-electron chi connectivity index (χ2n) is 7.62. The Balaban J connectivity index is 1.40. The van der Waals surface area contributed by atoms with Crippen LogP contribution in [0.1, 0.15) is 34.7 Å². The summed E-state index contributed by atoms with van der Waals surface area (Å²) in [5.74, 6) is 0.369. The van der Waals surface area contributed by atoms with Gasteiger partial charge in [-0.3, -0.25) is 9.59 Å². The Morgan fingerprint density at radius 2 is 1.94 bits per heavy atom. The molecule has 2 N–H and O–H groups in total. The number of aryl methyl sites for hydroxylation is 1. The van der Waals surface area contributed by atoms with E-state index in [1.165, 1.54) is 23.1 Å². The summed E-state index contributed by atoms with van der Waals surface area (Å²) in [5, 5.41) is 15.5. The van der Waals surface area contributed by atoms with E-state index in [1.807, 2.05) is 54.8 Å². The third-order valence-electron chi connectivity index (χ3n) is 4.98. The summed E-state index contributed by atoms with van der Waals surface area (Å²) in [7, 11) is 0. The van der Waals surface area contributed by atoms with E-state index in [4.69, 9.17) is 0 Å². The molecule has 8 nitrogen and oxygen atoms in total. The molecule has 0 saturated carbocycles. The molecular weight excluding hydrogens is 468 g/mol. The molecule has 0 saturated heterocycles. The van der Waals surface area contributed by atoms with E-state index in [2.05, 4.69) is 32.4 Å². The topological polar surface area (TPSA) is 102 Å². The Labute approximate surface area is 205 Å². The van der Waals surface area contributed by atoms with Gasteiger partial charge < -0.3 is 15.2 Å². The molecule has 0 aliphatic heterocycles. The first-order valence-corrected chi connectivity index (χ1v) is 12.4. The number of thioether (sulfide) groups is 1. The molecule has 0 bridgehead atoms. The van der Waals surface area contributed by atoms with Gasteiger partial charge in [-0.1, -0.05) is 59.0 Å². The molecule has 0 aliphatic rings. The van der Waals surface area contributed by atoms with E-state index in [9.17, 15) is 9.59 Å². The molecule has 2 aromatic heterocycles. The Morgan fingerprint density at radius 1 is 1.18 bits per heavy atom. The van der Waals surface area contributed by atoms with Crippen molar-refractivity contribution in [2.75, 3.05) is 11.1 Å². The zero-order valence-corrected chi connectivity index (χ0v) is 20.4. The van der Waals surface area contributed by atoms with Gasteiger partial charge in [-0.05, 0) is 38.1 Å². The van der Waals surface area contributed by atoms with Crippen molar-refractivity contribution in [1.29, 1.82) is 0 Å². The zero-order valence-electron chi connectivity index (χ0n) is 18.8. The van der Waals surface area contributed by atoms with Gasteiger partial charge in [0.15, 0.2) is 16.1 Å². The van der Waals surface area contributed by atoms with Gasteiger partial charge in [0.05, 0.1) is 22.0 Å². The second-order valence-corrected chi connectivity index (χ2v) is 9.60. The maximum absolute atomic E-state index is 12.6. The third kappa shape index (κ3) is 5.52. The number of hydrogen-bond acceptors (Lipinski definition) is 7. The van der Waals surface area contributed by atoms with Gasteiger partial charge in [0.25, 0.3) is 5.91 Å². The van der Waals surface area contributed by atoms with Gasteiger partial charge >= 0.3 is 0 Å². The van der Waals surface area contributed by atoms with Crippen molar-refractivity contribution < 1.29 is 9.59 Å². The van der Waals surface area contributed by atoms with E-state index < -0.39 is 0 Å². The molecule has 10 heteroatoms. The number of carbonyl (C=O) groups is 2. The summed E-state index contributed by atoms with van der Waals surface area (Å²) in [6.07, 6.45) is 1.73.